The molecule has 5 nitrogen and oxygen atoms in total. The number of rotatable bonds is 5. The maximum Gasteiger partial charge on any atom is 0.264 e. The first-order valence-corrected chi connectivity index (χ1v) is 13.0. The zero-order valence-electron chi connectivity index (χ0n) is 18.6. The molecule has 0 spiro atoms. The van der Waals surface area contributed by atoms with Gasteiger partial charge in [-0.15, -0.1) is 0 Å². The van der Waals surface area contributed by atoms with E-state index < -0.39 is 10.0 Å². The number of carbonyl (C=O) groups excluding carboxylic acids is 1. The van der Waals surface area contributed by atoms with E-state index in [0.717, 1.165) is 30.5 Å². The minimum Gasteiger partial charge on any atom is -0.339 e. The lowest BCUT2D eigenvalue weighted by molar-refractivity contribution is 0.0690. The van der Waals surface area contributed by atoms with Crippen LogP contribution in [-0.2, 0) is 22.9 Å². The summed E-state index contributed by atoms with van der Waals surface area (Å²) >= 11 is 0. The number of piperidine rings is 1. The van der Waals surface area contributed by atoms with Gasteiger partial charge in [-0.25, -0.2) is 8.42 Å². The molecule has 0 atom stereocenters. The minimum atomic E-state index is -3.72. The van der Waals surface area contributed by atoms with Gasteiger partial charge in [0, 0.05) is 25.2 Å². The smallest absolute Gasteiger partial charge is 0.264 e. The summed E-state index contributed by atoms with van der Waals surface area (Å²) in [6.45, 7) is 1.83. The maximum absolute atomic E-state index is 13.4. The van der Waals surface area contributed by atoms with Crippen LogP contribution in [-0.4, -0.2) is 38.9 Å². The normalized spacial score (nSPS) is 16.6. The second-order valence-electron chi connectivity index (χ2n) is 8.91. The van der Waals surface area contributed by atoms with E-state index in [-0.39, 0.29) is 10.8 Å². The molecule has 0 aromatic heterocycles. The number of nitrogens with zero attached hydrogens (tertiary/aromatic N) is 2. The van der Waals surface area contributed by atoms with Gasteiger partial charge in [-0.2, -0.15) is 0 Å². The molecule has 5 rings (SSSR count). The number of sulfonamides is 1. The Morgan fingerprint density at radius 3 is 2.36 bits per heavy atom. The van der Waals surface area contributed by atoms with Crippen LogP contribution in [0.2, 0.25) is 0 Å². The van der Waals surface area contributed by atoms with Crippen molar-refractivity contribution in [3.63, 3.8) is 0 Å². The number of hydrogen-bond acceptors (Lipinski definition) is 3. The number of hydrogen-bond donors (Lipinski definition) is 0. The second kappa shape index (κ2) is 9.02. The first-order valence-electron chi connectivity index (χ1n) is 11.6. The van der Waals surface area contributed by atoms with Gasteiger partial charge in [0.2, 0.25) is 0 Å². The van der Waals surface area contributed by atoms with Crippen LogP contribution < -0.4 is 4.31 Å². The summed E-state index contributed by atoms with van der Waals surface area (Å²) in [5.41, 5.74) is 3.54. The van der Waals surface area contributed by atoms with E-state index in [2.05, 4.69) is 24.3 Å². The van der Waals surface area contributed by atoms with Crippen LogP contribution in [0.25, 0.3) is 0 Å². The van der Waals surface area contributed by atoms with Gasteiger partial charge in [0.05, 0.1) is 10.6 Å². The zero-order chi connectivity index (χ0) is 22.8. The van der Waals surface area contributed by atoms with Gasteiger partial charge in [0.1, 0.15) is 0 Å². The highest BCUT2D eigenvalue weighted by Crippen LogP contribution is 2.33. The minimum absolute atomic E-state index is 0.0907. The average molecular weight is 461 g/mol. The fraction of sp³-hybridized carbons (Fsp3) is 0.296. The van der Waals surface area contributed by atoms with Gasteiger partial charge in [-0.05, 0) is 67.0 Å². The Kier molecular flexibility index (Phi) is 5.94. The second-order valence-corrected chi connectivity index (χ2v) is 10.8. The van der Waals surface area contributed by atoms with Crippen LogP contribution in [0, 0.1) is 5.92 Å². The molecule has 0 radical (unpaired) electrons. The highest BCUT2D eigenvalue weighted by molar-refractivity contribution is 7.92. The van der Waals surface area contributed by atoms with Gasteiger partial charge in [0.15, 0.2) is 0 Å². The number of para-hydroxylation sites is 1. The quantitative estimate of drug-likeness (QED) is 0.562. The van der Waals surface area contributed by atoms with Crippen molar-refractivity contribution < 1.29 is 13.2 Å². The van der Waals surface area contributed by atoms with Crippen molar-refractivity contribution in [3.8, 4) is 0 Å². The molecule has 1 fully saturated rings. The molecule has 33 heavy (non-hydrogen) atoms. The van der Waals surface area contributed by atoms with E-state index in [0.29, 0.717) is 37.5 Å². The van der Waals surface area contributed by atoms with Crippen LogP contribution in [0.15, 0.2) is 83.8 Å². The van der Waals surface area contributed by atoms with Crippen LogP contribution >= 0.6 is 0 Å². The Morgan fingerprint density at radius 1 is 0.848 bits per heavy atom. The molecule has 1 saturated heterocycles. The summed E-state index contributed by atoms with van der Waals surface area (Å²) in [4.78, 5) is 15.2. The summed E-state index contributed by atoms with van der Waals surface area (Å²) in [5.74, 6) is 0.477. The van der Waals surface area contributed by atoms with E-state index in [9.17, 15) is 13.2 Å². The molecule has 1 amide bonds. The maximum atomic E-state index is 13.4. The van der Waals surface area contributed by atoms with Crippen LogP contribution in [0.3, 0.4) is 0 Å². The molecular formula is C27H28N2O3S. The fourth-order valence-corrected chi connectivity index (χ4v) is 6.49. The molecule has 0 unspecified atom stereocenters. The third kappa shape index (κ3) is 4.40. The number of anilines is 1. The topological polar surface area (TPSA) is 57.7 Å². The van der Waals surface area contributed by atoms with Crippen molar-refractivity contribution in [1.82, 2.24) is 4.90 Å². The number of benzene rings is 3. The summed E-state index contributed by atoms with van der Waals surface area (Å²) in [5, 5.41) is 0. The third-order valence-corrected chi connectivity index (χ3v) is 8.59. The Morgan fingerprint density at radius 2 is 1.58 bits per heavy atom. The molecule has 6 heteroatoms. The van der Waals surface area contributed by atoms with E-state index >= 15 is 0 Å². The lowest BCUT2D eigenvalue weighted by Crippen LogP contribution is -2.39. The monoisotopic (exact) mass is 460 g/mol. The average Bonchev–Trinajstić information content (AvgIpc) is 3.30. The van der Waals surface area contributed by atoms with E-state index in [1.807, 2.05) is 35.2 Å². The predicted octanol–water partition coefficient (Wildman–Crippen LogP) is 4.53. The summed E-state index contributed by atoms with van der Waals surface area (Å²) < 4.78 is 28.2. The van der Waals surface area contributed by atoms with Gasteiger partial charge < -0.3 is 4.90 Å². The lowest BCUT2D eigenvalue weighted by atomic mass is 9.90. The Bertz CT molecular complexity index is 1250. The molecule has 0 N–H and O–H groups in total. The van der Waals surface area contributed by atoms with Gasteiger partial charge in [0.25, 0.3) is 15.9 Å². The predicted molar refractivity (Wildman–Crippen MR) is 130 cm³/mol. The van der Waals surface area contributed by atoms with E-state index in [1.165, 1.54) is 15.9 Å². The number of fused-ring (bicyclic) bond motifs is 1. The van der Waals surface area contributed by atoms with Crippen molar-refractivity contribution in [2.75, 3.05) is 23.9 Å². The number of amides is 1. The number of carbonyl (C=O) groups is 1. The van der Waals surface area contributed by atoms with Gasteiger partial charge in [-0.3, -0.25) is 9.10 Å². The largest absolute Gasteiger partial charge is 0.339 e. The molecule has 170 valence electrons. The standard InChI is InChI=1S/C27H28N2O3S/c30-27(28-16-13-22(14-17-28)19-21-7-2-1-3-8-21)24-10-6-11-25(20-24)33(31,32)29-18-15-23-9-4-5-12-26(23)29/h1-12,20,22H,13-19H2. The zero-order valence-corrected chi connectivity index (χ0v) is 19.4. The molecule has 2 aliphatic rings. The number of likely N-dealkylation sites (tertiary alicyclic amines) is 1. The Balaban J connectivity index is 1.28. The van der Waals surface area contributed by atoms with E-state index in [1.54, 1.807) is 18.2 Å². The first kappa shape index (κ1) is 21.7. The molecule has 0 bridgehead atoms. The van der Waals surface area contributed by atoms with Crippen molar-refractivity contribution >= 4 is 21.6 Å². The lowest BCUT2D eigenvalue weighted by Gasteiger charge is -2.32. The van der Waals surface area contributed by atoms with Crippen molar-refractivity contribution in [2.45, 2.75) is 30.6 Å². The molecular weight excluding hydrogens is 432 g/mol. The van der Waals surface area contributed by atoms with Gasteiger partial charge in [-0.1, -0.05) is 54.6 Å². The summed E-state index contributed by atoms with van der Waals surface area (Å²) in [6, 6.07) is 24.6. The highest BCUT2D eigenvalue weighted by atomic mass is 32.2. The highest BCUT2D eigenvalue weighted by Gasteiger charge is 2.31. The van der Waals surface area contributed by atoms with Crippen LogP contribution in [0.1, 0.15) is 34.3 Å². The molecule has 2 aliphatic heterocycles. The van der Waals surface area contributed by atoms with E-state index in [4.69, 9.17) is 0 Å². The molecule has 0 saturated carbocycles. The van der Waals surface area contributed by atoms with Crippen molar-refractivity contribution in [2.24, 2.45) is 5.92 Å². The Labute approximate surface area is 195 Å². The first-order chi connectivity index (χ1) is 16.0. The molecule has 3 aromatic rings. The third-order valence-electron chi connectivity index (χ3n) is 6.78. The SMILES string of the molecule is O=C(c1cccc(S(=O)(=O)N2CCc3ccccc32)c1)N1CCC(Cc2ccccc2)CC1. The summed E-state index contributed by atoms with van der Waals surface area (Å²) in [6.07, 6.45) is 3.66. The molecule has 2 heterocycles. The fourth-order valence-electron chi connectivity index (χ4n) is 4.94. The van der Waals surface area contributed by atoms with Crippen molar-refractivity contribution in [3.05, 3.63) is 95.6 Å². The summed E-state index contributed by atoms with van der Waals surface area (Å²) in [7, 11) is -3.72. The van der Waals surface area contributed by atoms with Crippen LogP contribution in [0.4, 0.5) is 5.69 Å². The molecule has 3 aromatic carbocycles. The molecule has 0 aliphatic carbocycles. The van der Waals surface area contributed by atoms with Crippen LogP contribution in [0.5, 0.6) is 0 Å². The Hall–Kier alpha value is -3.12. The van der Waals surface area contributed by atoms with Crippen molar-refractivity contribution in [1.29, 1.82) is 0 Å². The van der Waals surface area contributed by atoms with Gasteiger partial charge >= 0.3 is 0 Å².